The number of hydrogen-bond acceptors (Lipinski definition) is 5. The van der Waals surface area contributed by atoms with E-state index >= 15 is 0 Å². The van der Waals surface area contributed by atoms with Crippen molar-refractivity contribution in [2.24, 2.45) is 5.41 Å². The molecule has 0 amide bonds. The minimum absolute atomic E-state index is 0.242. The number of rotatable bonds is 4. The lowest BCUT2D eigenvalue weighted by atomic mass is 9.76. The first-order valence-electron chi connectivity index (χ1n) is 9.83. The fourth-order valence-electron chi connectivity index (χ4n) is 4.05. The Morgan fingerprint density at radius 1 is 1.17 bits per heavy atom. The first-order chi connectivity index (χ1) is 14.0. The SMILES string of the molecule is CC1(C)CCc2c(-c3cc(F)nc(NCc4ccc5c(c4)OCO5)c3)n[nH]c2C1. The summed E-state index contributed by atoms with van der Waals surface area (Å²) in [6, 6.07) is 9.05. The molecule has 1 aliphatic carbocycles. The molecular weight excluding hydrogens is 371 g/mol. The zero-order chi connectivity index (χ0) is 20.0. The zero-order valence-electron chi connectivity index (χ0n) is 16.5. The monoisotopic (exact) mass is 394 g/mol. The molecule has 29 heavy (non-hydrogen) atoms. The van der Waals surface area contributed by atoms with Crippen molar-refractivity contribution >= 4 is 5.82 Å². The van der Waals surface area contributed by atoms with E-state index in [2.05, 4.69) is 34.3 Å². The van der Waals surface area contributed by atoms with Gasteiger partial charge in [0.15, 0.2) is 11.5 Å². The number of nitrogens with zero attached hydrogens (tertiary/aromatic N) is 2. The second-order valence-corrected chi connectivity index (χ2v) is 8.48. The van der Waals surface area contributed by atoms with Gasteiger partial charge in [0, 0.05) is 29.4 Å². The smallest absolute Gasteiger partial charge is 0.231 e. The Labute approximate surface area is 168 Å². The third-order valence-corrected chi connectivity index (χ3v) is 5.64. The number of anilines is 1. The lowest BCUT2D eigenvalue weighted by Gasteiger charge is -2.29. The number of benzene rings is 1. The number of hydrogen-bond donors (Lipinski definition) is 2. The molecule has 2 N–H and O–H groups in total. The molecule has 0 spiro atoms. The summed E-state index contributed by atoms with van der Waals surface area (Å²) in [5.74, 6) is 1.42. The van der Waals surface area contributed by atoms with Gasteiger partial charge in [0.2, 0.25) is 12.7 Å². The summed E-state index contributed by atoms with van der Waals surface area (Å²) in [6.45, 7) is 5.27. The first kappa shape index (κ1) is 18.0. The van der Waals surface area contributed by atoms with Crippen molar-refractivity contribution in [1.29, 1.82) is 0 Å². The Hall–Kier alpha value is -3.09. The topological polar surface area (TPSA) is 72.1 Å². The Balaban J connectivity index is 1.38. The van der Waals surface area contributed by atoms with Crippen LogP contribution in [0.25, 0.3) is 11.3 Å². The quantitative estimate of drug-likeness (QED) is 0.639. The average Bonchev–Trinajstić information content (AvgIpc) is 3.31. The number of ether oxygens (including phenoxy) is 2. The number of aromatic nitrogens is 3. The van der Waals surface area contributed by atoms with E-state index in [0.717, 1.165) is 53.3 Å². The second kappa shape index (κ2) is 6.76. The van der Waals surface area contributed by atoms with Crippen molar-refractivity contribution in [2.45, 2.75) is 39.7 Å². The molecule has 0 radical (unpaired) electrons. The van der Waals surface area contributed by atoms with Crippen molar-refractivity contribution < 1.29 is 13.9 Å². The Kier molecular flexibility index (Phi) is 4.19. The van der Waals surface area contributed by atoms with Crippen LogP contribution in [0.3, 0.4) is 0 Å². The molecule has 0 saturated carbocycles. The molecule has 3 heterocycles. The van der Waals surface area contributed by atoms with Gasteiger partial charge in [0.25, 0.3) is 0 Å². The van der Waals surface area contributed by atoms with E-state index in [9.17, 15) is 4.39 Å². The molecule has 150 valence electrons. The minimum Gasteiger partial charge on any atom is -0.454 e. The predicted molar refractivity (Wildman–Crippen MR) is 107 cm³/mol. The first-order valence-corrected chi connectivity index (χ1v) is 9.83. The van der Waals surface area contributed by atoms with Crippen LogP contribution < -0.4 is 14.8 Å². The lowest BCUT2D eigenvalue weighted by Crippen LogP contribution is -2.21. The highest BCUT2D eigenvalue weighted by atomic mass is 19.1. The maximum Gasteiger partial charge on any atom is 0.231 e. The summed E-state index contributed by atoms with van der Waals surface area (Å²) in [5.41, 5.74) is 5.17. The number of nitrogens with one attached hydrogen (secondary N) is 2. The number of pyridine rings is 1. The van der Waals surface area contributed by atoms with Crippen LogP contribution in [0, 0.1) is 11.4 Å². The zero-order valence-corrected chi connectivity index (χ0v) is 16.5. The van der Waals surface area contributed by atoms with Gasteiger partial charge in [0.1, 0.15) is 5.82 Å². The fourth-order valence-corrected chi connectivity index (χ4v) is 4.05. The number of H-pyrrole nitrogens is 1. The lowest BCUT2D eigenvalue weighted by molar-refractivity contribution is 0.174. The van der Waals surface area contributed by atoms with Crippen LogP contribution in [0.4, 0.5) is 10.2 Å². The third-order valence-electron chi connectivity index (χ3n) is 5.64. The number of halogens is 1. The van der Waals surface area contributed by atoms with Gasteiger partial charge in [-0.05, 0) is 48.4 Å². The van der Waals surface area contributed by atoms with E-state index in [4.69, 9.17) is 9.47 Å². The van der Waals surface area contributed by atoms with Gasteiger partial charge >= 0.3 is 0 Å². The molecule has 0 unspecified atom stereocenters. The van der Waals surface area contributed by atoms with Gasteiger partial charge in [-0.15, -0.1) is 0 Å². The molecule has 0 atom stereocenters. The van der Waals surface area contributed by atoms with E-state index in [1.807, 2.05) is 24.3 Å². The molecule has 0 bridgehead atoms. The largest absolute Gasteiger partial charge is 0.454 e. The molecule has 1 aliphatic heterocycles. The predicted octanol–water partition coefficient (Wildman–Crippen LogP) is 4.47. The summed E-state index contributed by atoms with van der Waals surface area (Å²) in [6.07, 6.45) is 2.99. The highest BCUT2D eigenvalue weighted by Gasteiger charge is 2.29. The molecule has 2 aromatic heterocycles. The van der Waals surface area contributed by atoms with E-state index in [1.165, 1.54) is 11.6 Å². The van der Waals surface area contributed by atoms with Crippen molar-refractivity contribution in [1.82, 2.24) is 15.2 Å². The van der Waals surface area contributed by atoms with Crippen LogP contribution >= 0.6 is 0 Å². The standard InChI is InChI=1S/C22H23FN4O2/c1-22(2)6-5-15-16(10-22)26-27-21(15)14-8-19(23)25-20(9-14)24-11-13-3-4-17-18(7-13)29-12-28-17/h3-4,7-9H,5-6,10-12H2,1-2H3,(H,24,25)(H,26,27). The molecule has 0 saturated heterocycles. The third kappa shape index (κ3) is 3.52. The van der Waals surface area contributed by atoms with Crippen LogP contribution in [0.1, 0.15) is 37.1 Å². The normalized spacial score (nSPS) is 16.5. The highest BCUT2D eigenvalue weighted by molar-refractivity contribution is 5.67. The molecule has 6 nitrogen and oxygen atoms in total. The fraction of sp³-hybridized carbons (Fsp3) is 0.364. The summed E-state index contributed by atoms with van der Waals surface area (Å²) in [4.78, 5) is 3.99. The summed E-state index contributed by atoms with van der Waals surface area (Å²) in [5, 5.41) is 10.9. The minimum atomic E-state index is -0.524. The van der Waals surface area contributed by atoms with Crippen LogP contribution in [-0.4, -0.2) is 22.0 Å². The molecule has 7 heteroatoms. The van der Waals surface area contributed by atoms with Crippen LogP contribution in [-0.2, 0) is 19.4 Å². The van der Waals surface area contributed by atoms with E-state index in [-0.39, 0.29) is 12.2 Å². The highest BCUT2D eigenvalue weighted by Crippen LogP contribution is 2.38. The van der Waals surface area contributed by atoms with E-state index < -0.39 is 5.95 Å². The van der Waals surface area contributed by atoms with Crippen molar-refractivity contribution in [3.8, 4) is 22.8 Å². The average molecular weight is 394 g/mol. The van der Waals surface area contributed by atoms with Crippen LogP contribution in [0.5, 0.6) is 11.5 Å². The van der Waals surface area contributed by atoms with Crippen molar-refractivity contribution in [3.05, 3.63) is 53.1 Å². The van der Waals surface area contributed by atoms with Gasteiger partial charge in [0.05, 0.1) is 5.69 Å². The van der Waals surface area contributed by atoms with Gasteiger partial charge in [-0.25, -0.2) is 4.98 Å². The molecule has 3 aromatic rings. The molecule has 5 rings (SSSR count). The Morgan fingerprint density at radius 3 is 2.93 bits per heavy atom. The van der Waals surface area contributed by atoms with E-state index in [0.29, 0.717) is 12.4 Å². The van der Waals surface area contributed by atoms with Gasteiger partial charge < -0.3 is 14.8 Å². The van der Waals surface area contributed by atoms with Gasteiger partial charge in [-0.3, -0.25) is 5.10 Å². The molecule has 0 fully saturated rings. The van der Waals surface area contributed by atoms with E-state index in [1.54, 1.807) is 0 Å². The summed E-state index contributed by atoms with van der Waals surface area (Å²) >= 11 is 0. The van der Waals surface area contributed by atoms with Crippen LogP contribution in [0.15, 0.2) is 30.3 Å². The molecule has 1 aromatic carbocycles. The molecular formula is C22H23FN4O2. The van der Waals surface area contributed by atoms with Crippen molar-refractivity contribution in [2.75, 3.05) is 12.1 Å². The van der Waals surface area contributed by atoms with Crippen molar-refractivity contribution in [3.63, 3.8) is 0 Å². The number of aromatic amines is 1. The van der Waals surface area contributed by atoms with Crippen LogP contribution in [0.2, 0.25) is 0 Å². The maximum absolute atomic E-state index is 14.3. The maximum atomic E-state index is 14.3. The Morgan fingerprint density at radius 2 is 2.03 bits per heavy atom. The summed E-state index contributed by atoms with van der Waals surface area (Å²) < 4.78 is 25.0. The second-order valence-electron chi connectivity index (χ2n) is 8.48. The van der Waals surface area contributed by atoms with Gasteiger partial charge in [-0.1, -0.05) is 19.9 Å². The Bertz CT molecular complexity index is 1080. The summed E-state index contributed by atoms with van der Waals surface area (Å²) in [7, 11) is 0. The molecule has 2 aliphatic rings. The van der Waals surface area contributed by atoms with Gasteiger partial charge in [-0.2, -0.15) is 9.49 Å². The number of fused-ring (bicyclic) bond motifs is 2.